The van der Waals surface area contributed by atoms with Gasteiger partial charge in [-0.1, -0.05) is 31.9 Å². The van der Waals surface area contributed by atoms with Crippen molar-refractivity contribution in [3.8, 4) is 11.8 Å². The zero-order valence-corrected chi connectivity index (χ0v) is 14.7. The van der Waals surface area contributed by atoms with Crippen molar-refractivity contribution in [2.75, 3.05) is 6.61 Å². The van der Waals surface area contributed by atoms with Crippen LogP contribution < -0.4 is 4.74 Å². The van der Waals surface area contributed by atoms with E-state index in [1.165, 1.54) is 6.42 Å². The van der Waals surface area contributed by atoms with Crippen molar-refractivity contribution in [3.05, 3.63) is 41.5 Å². The maximum atomic E-state index is 9.60. The Morgan fingerprint density at radius 3 is 2.84 bits per heavy atom. The first-order chi connectivity index (χ1) is 12.3. The van der Waals surface area contributed by atoms with Crippen molar-refractivity contribution < 1.29 is 4.74 Å². The Bertz CT molecular complexity index is 768. The first-order valence-electron chi connectivity index (χ1n) is 9.09. The molecule has 3 rings (SSSR count). The molecular weight excluding hydrogens is 312 g/mol. The van der Waals surface area contributed by atoms with Crippen LogP contribution in [0.2, 0.25) is 0 Å². The molecule has 0 bridgehead atoms. The number of hydrogen-bond acceptors (Lipinski definition) is 4. The van der Waals surface area contributed by atoms with Crippen molar-refractivity contribution in [1.29, 1.82) is 5.26 Å². The number of unbranched alkanes of at least 4 members (excludes halogenated alkanes) is 1. The zero-order chi connectivity index (χ0) is 17.5. The summed E-state index contributed by atoms with van der Waals surface area (Å²) in [6.45, 7) is 3.77. The van der Waals surface area contributed by atoms with Gasteiger partial charge in [0.05, 0.1) is 12.2 Å². The van der Waals surface area contributed by atoms with Gasteiger partial charge in [0, 0.05) is 13.0 Å². The molecule has 0 atom stereocenters. The molecule has 0 radical (unpaired) electrons. The lowest BCUT2D eigenvalue weighted by Gasteiger charge is -2.07. The van der Waals surface area contributed by atoms with E-state index < -0.39 is 0 Å². The van der Waals surface area contributed by atoms with Gasteiger partial charge in [0.1, 0.15) is 17.6 Å². The second kappa shape index (κ2) is 8.48. The minimum absolute atomic E-state index is 0.556. The molecule has 0 N–H and O–H groups in total. The van der Waals surface area contributed by atoms with Crippen LogP contribution >= 0.6 is 0 Å². The van der Waals surface area contributed by atoms with Gasteiger partial charge < -0.3 is 9.30 Å². The van der Waals surface area contributed by atoms with E-state index in [-0.39, 0.29) is 0 Å². The van der Waals surface area contributed by atoms with Crippen molar-refractivity contribution >= 4 is 11.6 Å². The fourth-order valence-corrected chi connectivity index (χ4v) is 2.99. The molecule has 2 heterocycles. The lowest BCUT2D eigenvalue weighted by atomic mass is 10.1. The highest BCUT2D eigenvalue weighted by molar-refractivity contribution is 5.87. The fraction of sp³-hybridized carbons (Fsp3) is 0.450. The summed E-state index contributed by atoms with van der Waals surface area (Å²) in [5, 5.41) is 18.2. The van der Waals surface area contributed by atoms with Gasteiger partial charge in [-0.3, -0.25) is 0 Å². The summed E-state index contributed by atoms with van der Waals surface area (Å²) in [4.78, 5) is 0. The van der Waals surface area contributed by atoms with Crippen LogP contribution in [-0.2, 0) is 13.0 Å². The van der Waals surface area contributed by atoms with E-state index >= 15 is 0 Å². The second-order valence-corrected chi connectivity index (χ2v) is 6.34. The van der Waals surface area contributed by atoms with E-state index in [0.717, 1.165) is 62.4 Å². The van der Waals surface area contributed by atoms with Gasteiger partial charge in [-0.15, -0.1) is 10.2 Å². The summed E-state index contributed by atoms with van der Waals surface area (Å²) in [6, 6.07) is 10.1. The van der Waals surface area contributed by atoms with Crippen molar-refractivity contribution in [2.24, 2.45) is 0 Å². The second-order valence-electron chi connectivity index (χ2n) is 6.34. The molecule has 0 aliphatic carbocycles. The molecule has 0 fully saturated rings. The summed E-state index contributed by atoms with van der Waals surface area (Å²) in [6.07, 6.45) is 8.44. The maximum Gasteiger partial charge on any atom is 0.174 e. The quantitative estimate of drug-likeness (QED) is 0.584. The highest BCUT2D eigenvalue weighted by Crippen LogP contribution is 2.22. The van der Waals surface area contributed by atoms with Crippen LogP contribution in [0.25, 0.3) is 11.6 Å². The molecule has 0 saturated heterocycles. The van der Waals surface area contributed by atoms with E-state index in [9.17, 15) is 5.26 Å². The van der Waals surface area contributed by atoms with E-state index in [2.05, 4.69) is 27.8 Å². The fourth-order valence-electron chi connectivity index (χ4n) is 2.99. The summed E-state index contributed by atoms with van der Waals surface area (Å²) in [7, 11) is 0. The van der Waals surface area contributed by atoms with Crippen molar-refractivity contribution in [3.63, 3.8) is 0 Å². The highest BCUT2D eigenvalue weighted by atomic mass is 16.5. The maximum absolute atomic E-state index is 9.60. The Morgan fingerprint density at radius 1 is 1.24 bits per heavy atom. The minimum Gasteiger partial charge on any atom is -0.494 e. The van der Waals surface area contributed by atoms with Crippen molar-refractivity contribution in [2.45, 2.75) is 52.0 Å². The lowest BCUT2D eigenvalue weighted by molar-refractivity contribution is 0.309. The van der Waals surface area contributed by atoms with Crippen LogP contribution in [0.1, 0.15) is 56.2 Å². The monoisotopic (exact) mass is 336 g/mol. The van der Waals surface area contributed by atoms with Crippen LogP contribution in [0, 0.1) is 11.3 Å². The van der Waals surface area contributed by atoms with Crippen LogP contribution in [-0.4, -0.2) is 21.4 Å². The third-order valence-electron chi connectivity index (χ3n) is 4.43. The topological polar surface area (TPSA) is 63.7 Å². The SMILES string of the molecule is CCCCOc1ccc(/C=C(\C#N)c2nnc3n2CCCCC3)cc1. The molecule has 25 heavy (non-hydrogen) atoms. The molecule has 1 aliphatic heterocycles. The van der Waals surface area contributed by atoms with E-state index in [4.69, 9.17) is 4.74 Å². The summed E-state index contributed by atoms with van der Waals surface area (Å²) in [5.74, 6) is 2.54. The Balaban J connectivity index is 1.79. The number of nitrogens with zero attached hydrogens (tertiary/aromatic N) is 4. The van der Waals surface area contributed by atoms with E-state index in [1.807, 2.05) is 30.3 Å². The molecule has 130 valence electrons. The van der Waals surface area contributed by atoms with Gasteiger partial charge in [0.25, 0.3) is 0 Å². The Hall–Kier alpha value is -2.61. The van der Waals surface area contributed by atoms with Crippen molar-refractivity contribution in [1.82, 2.24) is 14.8 Å². The number of aryl methyl sites for hydroxylation is 1. The van der Waals surface area contributed by atoms with Crippen LogP contribution in [0.3, 0.4) is 0 Å². The number of allylic oxidation sites excluding steroid dienone is 1. The first-order valence-corrected chi connectivity index (χ1v) is 9.09. The number of aromatic nitrogens is 3. The minimum atomic E-state index is 0.556. The molecule has 2 aromatic rings. The molecule has 5 nitrogen and oxygen atoms in total. The number of nitriles is 1. The van der Waals surface area contributed by atoms with E-state index in [0.29, 0.717) is 11.4 Å². The Labute approximate surface area is 149 Å². The largest absolute Gasteiger partial charge is 0.494 e. The third-order valence-corrected chi connectivity index (χ3v) is 4.43. The predicted molar refractivity (Wildman–Crippen MR) is 97.9 cm³/mol. The average Bonchev–Trinajstić information content (AvgIpc) is 2.89. The molecule has 1 aliphatic rings. The van der Waals surface area contributed by atoms with Gasteiger partial charge in [0.15, 0.2) is 5.82 Å². The normalized spacial score (nSPS) is 14.5. The van der Waals surface area contributed by atoms with E-state index in [1.54, 1.807) is 0 Å². The average molecular weight is 336 g/mol. The summed E-state index contributed by atoms with van der Waals surface area (Å²) < 4.78 is 7.78. The summed E-state index contributed by atoms with van der Waals surface area (Å²) >= 11 is 0. The first kappa shape index (κ1) is 17.2. The molecule has 1 aromatic carbocycles. The van der Waals surface area contributed by atoms with Crippen LogP contribution in [0.5, 0.6) is 5.75 Å². The standard InChI is InChI=1S/C20H24N4O/c1-2-3-13-25-18-10-8-16(9-11-18)14-17(15-21)20-23-22-19-7-5-4-6-12-24(19)20/h8-11,14H,2-7,12-13H2,1H3/b17-14+. The number of ether oxygens (including phenoxy) is 1. The molecule has 0 amide bonds. The molecule has 1 aromatic heterocycles. The number of fused-ring (bicyclic) bond motifs is 1. The van der Waals surface area contributed by atoms with Gasteiger partial charge in [-0.2, -0.15) is 5.26 Å². The number of hydrogen-bond donors (Lipinski definition) is 0. The van der Waals surface area contributed by atoms with Crippen LogP contribution in [0.4, 0.5) is 0 Å². The Kier molecular flexibility index (Phi) is 5.84. The number of rotatable bonds is 6. The molecule has 0 spiro atoms. The summed E-state index contributed by atoms with van der Waals surface area (Å²) in [5.41, 5.74) is 1.52. The predicted octanol–water partition coefficient (Wildman–Crippen LogP) is 4.25. The molecular formula is C20H24N4O. The molecule has 5 heteroatoms. The smallest absolute Gasteiger partial charge is 0.174 e. The van der Waals surface area contributed by atoms with Gasteiger partial charge in [-0.25, -0.2) is 0 Å². The Morgan fingerprint density at radius 2 is 2.08 bits per heavy atom. The molecule has 0 saturated carbocycles. The van der Waals surface area contributed by atoms with Gasteiger partial charge in [-0.05, 0) is 43.0 Å². The molecule has 0 unspecified atom stereocenters. The van der Waals surface area contributed by atoms with Crippen LogP contribution in [0.15, 0.2) is 24.3 Å². The van der Waals surface area contributed by atoms with Gasteiger partial charge in [0.2, 0.25) is 0 Å². The lowest BCUT2D eigenvalue weighted by Crippen LogP contribution is -2.05. The zero-order valence-electron chi connectivity index (χ0n) is 14.7. The number of benzene rings is 1. The highest BCUT2D eigenvalue weighted by Gasteiger charge is 2.17. The van der Waals surface area contributed by atoms with Gasteiger partial charge >= 0.3 is 0 Å². The third kappa shape index (κ3) is 4.27.